The lowest BCUT2D eigenvalue weighted by molar-refractivity contribution is 0.0946. The summed E-state index contributed by atoms with van der Waals surface area (Å²) in [6, 6.07) is 5.95. The predicted molar refractivity (Wildman–Crippen MR) is 80.0 cm³/mol. The minimum Gasteiger partial charge on any atom is -0.491 e. The quantitative estimate of drug-likeness (QED) is 0.741. The monoisotopic (exact) mass is 277 g/mol. The first-order valence-electron chi connectivity index (χ1n) is 7.13. The van der Waals surface area contributed by atoms with Crippen molar-refractivity contribution in [3.63, 3.8) is 0 Å². The molecule has 0 heterocycles. The fraction of sp³-hybridized carbons (Fsp3) is 0.533. The van der Waals surface area contributed by atoms with Gasteiger partial charge in [0.1, 0.15) is 0 Å². The lowest BCUT2D eigenvalue weighted by Crippen LogP contribution is -2.34. The van der Waals surface area contributed by atoms with Crippen LogP contribution < -0.4 is 15.8 Å². The number of ether oxygens (including phenoxy) is 1. The molecule has 1 fully saturated rings. The fourth-order valence-corrected chi connectivity index (χ4v) is 2.18. The lowest BCUT2D eigenvalue weighted by Gasteiger charge is -2.16. The summed E-state index contributed by atoms with van der Waals surface area (Å²) in [4.78, 5) is 14.5. The zero-order chi connectivity index (χ0) is 14.5. The number of carbonyl (C=O) groups is 1. The third-order valence-corrected chi connectivity index (χ3v) is 3.50. The van der Waals surface area contributed by atoms with Gasteiger partial charge in [-0.3, -0.25) is 4.79 Å². The van der Waals surface area contributed by atoms with Crippen molar-refractivity contribution in [3.05, 3.63) is 23.8 Å². The van der Waals surface area contributed by atoms with Gasteiger partial charge in [-0.2, -0.15) is 0 Å². The van der Waals surface area contributed by atoms with Crippen LogP contribution in [0.1, 0.15) is 30.1 Å². The molecular formula is C15H23N3O2. The van der Waals surface area contributed by atoms with E-state index in [0.29, 0.717) is 36.2 Å². The van der Waals surface area contributed by atoms with Crippen LogP contribution >= 0.6 is 0 Å². The molecule has 1 saturated carbocycles. The molecule has 0 bridgehead atoms. The van der Waals surface area contributed by atoms with Gasteiger partial charge in [0.15, 0.2) is 5.75 Å². The van der Waals surface area contributed by atoms with E-state index in [4.69, 9.17) is 10.5 Å². The first-order valence-corrected chi connectivity index (χ1v) is 7.13. The SMILES string of the molecule is CCOc1c(N)cccc1C(=O)NCCN(C)C1CC1. The van der Waals surface area contributed by atoms with E-state index in [1.165, 1.54) is 12.8 Å². The molecule has 2 rings (SSSR count). The topological polar surface area (TPSA) is 67.6 Å². The Morgan fingerprint density at radius 2 is 2.25 bits per heavy atom. The summed E-state index contributed by atoms with van der Waals surface area (Å²) < 4.78 is 5.47. The maximum absolute atomic E-state index is 12.2. The van der Waals surface area contributed by atoms with Crippen molar-refractivity contribution in [1.82, 2.24) is 10.2 Å². The van der Waals surface area contributed by atoms with Crippen LogP contribution in [0.5, 0.6) is 5.75 Å². The van der Waals surface area contributed by atoms with E-state index in [2.05, 4.69) is 17.3 Å². The van der Waals surface area contributed by atoms with E-state index < -0.39 is 0 Å². The second-order valence-electron chi connectivity index (χ2n) is 5.12. The van der Waals surface area contributed by atoms with Crippen LogP contribution in [-0.2, 0) is 0 Å². The molecule has 0 aromatic heterocycles. The average molecular weight is 277 g/mol. The Morgan fingerprint density at radius 3 is 2.90 bits per heavy atom. The Balaban J connectivity index is 1.92. The van der Waals surface area contributed by atoms with Crippen LogP contribution in [-0.4, -0.2) is 43.6 Å². The number of nitrogens with zero attached hydrogens (tertiary/aromatic N) is 1. The lowest BCUT2D eigenvalue weighted by atomic mass is 10.1. The summed E-state index contributed by atoms with van der Waals surface area (Å²) >= 11 is 0. The van der Waals surface area contributed by atoms with E-state index in [0.717, 1.165) is 6.54 Å². The largest absolute Gasteiger partial charge is 0.491 e. The molecule has 0 atom stereocenters. The number of hydrogen-bond donors (Lipinski definition) is 2. The molecule has 20 heavy (non-hydrogen) atoms. The van der Waals surface area contributed by atoms with Crippen LogP contribution in [0.3, 0.4) is 0 Å². The summed E-state index contributed by atoms with van der Waals surface area (Å²) in [5.74, 6) is 0.341. The van der Waals surface area contributed by atoms with Gasteiger partial charge >= 0.3 is 0 Å². The van der Waals surface area contributed by atoms with Crippen LogP contribution in [0, 0.1) is 0 Å². The molecule has 0 aliphatic heterocycles. The molecule has 1 aliphatic rings. The smallest absolute Gasteiger partial charge is 0.255 e. The summed E-state index contributed by atoms with van der Waals surface area (Å²) in [6.07, 6.45) is 2.54. The molecule has 5 nitrogen and oxygen atoms in total. The molecule has 110 valence electrons. The van der Waals surface area contributed by atoms with Crippen LogP contribution in [0.4, 0.5) is 5.69 Å². The van der Waals surface area contributed by atoms with Crippen molar-refractivity contribution in [1.29, 1.82) is 0 Å². The van der Waals surface area contributed by atoms with Crippen LogP contribution in [0.2, 0.25) is 0 Å². The van der Waals surface area contributed by atoms with Gasteiger partial charge in [-0.25, -0.2) is 0 Å². The number of carbonyl (C=O) groups excluding carboxylic acids is 1. The maximum Gasteiger partial charge on any atom is 0.255 e. The zero-order valence-electron chi connectivity index (χ0n) is 12.2. The van der Waals surface area contributed by atoms with Crippen LogP contribution in [0.25, 0.3) is 0 Å². The number of amides is 1. The molecule has 1 aliphatic carbocycles. The molecule has 3 N–H and O–H groups in total. The third-order valence-electron chi connectivity index (χ3n) is 3.50. The first kappa shape index (κ1) is 14.7. The number of nitrogens with one attached hydrogen (secondary N) is 1. The van der Waals surface area contributed by atoms with Crippen molar-refractivity contribution in [3.8, 4) is 5.75 Å². The normalized spacial score (nSPS) is 14.3. The van der Waals surface area contributed by atoms with Gasteiger partial charge in [0.2, 0.25) is 0 Å². The van der Waals surface area contributed by atoms with Gasteiger partial charge in [-0.1, -0.05) is 6.07 Å². The number of para-hydroxylation sites is 1. The summed E-state index contributed by atoms with van der Waals surface area (Å²) in [5.41, 5.74) is 6.85. The average Bonchev–Trinajstić information content (AvgIpc) is 3.25. The number of nitrogens with two attached hydrogens (primary N) is 1. The van der Waals surface area contributed by atoms with E-state index >= 15 is 0 Å². The second-order valence-corrected chi connectivity index (χ2v) is 5.12. The summed E-state index contributed by atoms with van der Waals surface area (Å²) in [6.45, 7) is 3.85. The standard InChI is InChI=1S/C15H23N3O2/c1-3-20-14-12(5-4-6-13(14)16)15(19)17-9-10-18(2)11-7-8-11/h4-6,11H,3,7-10,16H2,1-2H3,(H,17,19). The minimum absolute atomic E-state index is 0.134. The fourth-order valence-electron chi connectivity index (χ4n) is 2.18. The van der Waals surface area contributed by atoms with E-state index in [9.17, 15) is 4.79 Å². The number of likely N-dealkylation sites (N-methyl/N-ethyl adjacent to an activating group) is 1. The van der Waals surface area contributed by atoms with Crippen molar-refractivity contribution in [2.75, 3.05) is 32.5 Å². The van der Waals surface area contributed by atoms with Gasteiger partial charge < -0.3 is 20.7 Å². The van der Waals surface area contributed by atoms with Gasteiger partial charge in [0, 0.05) is 19.1 Å². The summed E-state index contributed by atoms with van der Waals surface area (Å²) in [5, 5.41) is 2.92. The highest BCUT2D eigenvalue weighted by molar-refractivity contribution is 5.98. The Morgan fingerprint density at radius 1 is 1.50 bits per heavy atom. The van der Waals surface area contributed by atoms with E-state index in [-0.39, 0.29) is 5.91 Å². The van der Waals surface area contributed by atoms with Crippen molar-refractivity contribution < 1.29 is 9.53 Å². The van der Waals surface area contributed by atoms with Crippen molar-refractivity contribution in [2.45, 2.75) is 25.8 Å². The third kappa shape index (κ3) is 3.63. The molecular weight excluding hydrogens is 254 g/mol. The molecule has 1 aromatic rings. The highest BCUT2D eigenvalue weighted by atomic mass is 16.5. The van der Waals surface area contributed by atoms with Gasteiger partial charge in [0.25, 0.3) is 5.91 Å². The van der Waals surface area contributed by atoms with Crippen LogP contribution in [0.15, 0.2) is 18.2 Å². The summed E-state index contributed by atoms with van der Waals surface area (Å²) in [7, 11) is 2.09. The van der Waals surface area contributed by atoms with Gasteiger partial charge in [-0.05, 0) is 38.9 Å². The Kier molecular flexibility index (Phi) is 4.84. The molecule has 0 saturated heterocycles. The van der Waals surface area contributed by atoms with Gasteiger partial charge in [-0.15, -0.1) is 0 Å². The Bertz CT molecular complexity index is 472. The molecule has 0 spiro atoms. The number of anilines is 1. The zero-order valence-corrected chi connectivity index (χ0v) is 12.2. The van der Waals surface area contributed by atoms with E-state index in [1.54, 1.807) is 18.2 Å². The molecule has 5 heteroatoms. The van der Waals surface area contributed by atoms with Crippen molar-refractivity contribution in [2.24, 2.45) is 0 Å². The van der Waals surface area contributed by atoms with E-state index in [1.807, 2.05) is 6.92 Å². The maximum atomic E-state index is 12.2. The minimum atomic E-state index is -0.134. The predicted octanol–water partition coefficient (Wildman–Crippen LogP) is 1.49. The second kappa shape index (κ2) is 6.61. The first-order chi connectivity index (χ1) is 9.63. The molecule has 1 amide bonds. The van der Waals surface area contributed by atoms with Gasteiger partial charge in [0.05, 0.1) is 17.9 Å². The number of benzene rings is 1. The number of rotatable bonds is 7. The molecule has 1 aromatic carbocycles. The van der Waals surface area contributed by atoms with Crippen molar-refractivity contribution >= 4 is 11.6 Å². The number of nitrogen functional groups attached to an aromatic ring is 1. The number of hydrogen-bond acceptors (Lipinski definition) is 4. The Hall–Kier alpha value is -1.75. The molecule has 0 radical (unpaired) electrons. The highest BCUT2D eigenvalue weighted by Gasteiger charge is 2.25. The highest BCUT2D eigenvalue weighted by Crippen LogP contribution is 2.26. The Labute approximate surface area is 120 Å². The molecule has 0 unspecified atom stereocenters.